The summed E-state index contributed by atoms with van der Waals surface area (Å²) in [6, 6.07) is 6.09. The molecule has 3 aliphatic rings. The summed E-state index contributed by atoms with van der Waals surface area (Å²) >= 11 is 0. The molecule has 1 aromatic carbocycles. The maximum Gasteiger partial charge on any atom is 0.222 e. The summed E-state index contributed by atoms with van der Waals surface area (Å²) in [5.41, 5.74) is 2.29. The van der Waals surface area contributed by atoms with Gasteiger partial charge in [0.25, 0.3) is 0 Å². The first-order valence-corrected chi connectivity index (χ1v) is 10.1. The van der Waals surface area contributed by atoms with E-state index in [0.29, 0.717) is 32.4 Å². The number of ether oxygens (including phenoxy) is 1. The molecule has 0 aromatic heterocycles. The zero-order chi connectivity index (χ0) is 18.8. The van der Waals surface area contributed by atoms with Crippen LogP contribution in [0.1, 0.15) is 55.7 Å². The van der Waals surface area contributed by atoms with Gasteiger partial charge < -0.3 is 20.1 Å². The molecule has 2 heterocycles. The van der Waals surface area contributed by atoms with E-state index < -0.39 is 0 Å². The molecule has 1 aromatic rings. The fraction of sp³-hybridized carbons (Fsp3) is 0.619. The number of amides is 2. The molecule has 1 saturated carbocycles. The van der Waals surface area contributed by atoms with Gasteiger partial charge >= 0.3 is 0 Å². The van der Waals surface area contributed by atoms with Crippen molar-refractivity contribution in [1.82, 2.24) is 10.2 Å². The van der Waals surface area contributed by atoms with E-state index in [-0.39, 0.29) is 29.9 Å². The monoisotopic (exact) mass is 372 g/mol. The second-order valence-corrected chi connectivity index (χ2v) is 7.98. The van der Waals surface area contributed by atoms with Gasteiger partial charge in [0.2, 0.25) is 11.8 Å². The van der Waals surface area contributed by atoms with Gasteiger partial charge in [-0.1, -0.05) is 6.07 Å². The van der Waals surface area contributed by atoms with E-state index in [1.54, 1.807) is 0 Å². The molecule has 2 N–H and O–H groups in total. The van der Waals surface area contributed by atoms with E-state index in [0.717, 1.165) is 43.5 Å². The van der Waals surface area contributed by atoms with E-state index in [4.69, 9.17) is 4.74 Å². The Hall–Kier alpha value is -2.08. The highest BCUT2D eigenvalue weighted by molar-refractivity contribution is 5.78. The number of likely N-dealkylation sites (tertiary alicyclic amines) is 1. The van der Waals surface area contributed by atoms with E-state index in [2.05, 4.69) is 11.4 Å². The number of rotatable bonds is 7. The predicted molar refractivity (Wildman–Crippen MR) is 100 cm³/mol. The smallest absolute Gasteiger partial charge is 0.222 e. The lowest BCUT2D eigenvalue weighted by atomic mass is 9.74. The highest BCUT2D eigenvalue weighted by Crippen LogP contribution is 2.39. The number of aliphatic hydroxyl groups excluding tert-OH is 1. The molecule has 1 atom stereocenters. The fourth-order valence-electron chi connectivity index (χ4n) is 4.39. The molecule has 6 heteroatoms. The number of nitrogens with one attached hydrogen (secondary N) is 1. The lowest BCUT2D eigenvalue weighted by Crippen LogP contribution is -2.41. The fourth-order valence-corrected chi connectivity index (χ4v) is 4.39. The third-order valence-electron chi connectivity index (χ3n) is 6.01. The minimum atomic E-state index is -0.256. The summed E-state index contributed by atoms with van der Waals surface area (Å²) in [5.74, 6) is 1.43. The van der Waals surface area contributed by atoms with E-state index in [1.807, 2.05) is 17.0 Å². The Morgan fingerprint density at radius 3 is 2.93 bits per heavy atom. The van der Waals surface area contributed by atoms with Crippen molar-refractivity contribution in [2.24, 2.45) is 5.92 Å². The summed E-state index contributed by atoms with van der Waals surface area (Å²) in [6.07, 6.45) is 4.77. The van der Waals surface area contributed by atoms with Crippen LogP contribution >= 0.6 is 0 Å². The van der Waals surface area contributed by atoms with Crippen molar-refractivity contribution in [3.63, 3.8) is 0 Å². The first-order chi connectivity index (χ1) is 13.1. The molecular weight excluding hydrogens is 344 g/mol. The van der Waals surface area contributed by atoms with Crippen LogP contribution in [0.4, 0.5) is 0 Å². The van der Waals surface area contributed by atoms with Crippen molar-refractivity contribution in [2.45, 2.75) is 57.1 Å². The van der Waals surface area contributed by atoms with Gasteiger partial charge in [-0.3, -0.25) is 9.59 Å². The number of benzene rings is 1. The topological polar surface area (TPSA) is 78.9 Å². The highest BCUT2D eigenvalue weighted by Gasteiger charge is 2.36. The van der Waals surface area contributed by atoms with Crippen molar-refractivity contribution in [3.8, 4) is 5.75 Å². The minimum Gasteiger partial charge on any atom is -0.493 e. The second-order valence-electron chi connectivity index (χ2n) is 7.98. The van der Waals surface area contributed by atoms with Crippen molar-refractivity contribution >= 4 is 11.8 Å². The van der Waals surface area contributed by atoms with Gasteiger partial charge in [-0.2, -0.15) is 0 Å². The van der Waals surface area contributed by atoms with Crippen LogP contribution in [0, 0.1) is 5.92 Å². The van der Waals surface area contributed by atoms with Crippen LogP contribution in [0.3, 0.4) is 0 Å². The Morgan fingerprint density at radius 1 is 1.33 bits per heavy atom. The quantitative estimate of drug-likeness (QED) is 0.767. The lowest BCUT2D eigenvalue weighted by Gasteiger charge is -2.38. The Morgan fingerprint density at radius 2 is 2.19 bits per heavy atom. The molecule has 0 spiro atoms. The van der Waals surface area contributed by atoms with Crippen LogP contribution in [-0.4, -0.2) is 47.6 Å². The molecule has 0 radical (unpaired) electrons. The molecule has 2 amide bonds. The molecule has 2 aliphatic heterocycles. The number of fused-ring (bicyclic) bond motifs is 1. The number of nitrogens with zero attached hydrogens (tertiary/aromatic N) is 1. The van der Waals surface area contributed by atoms with Crippen LogP contribution in [0.15, 0.2) is 18.2 Å². The van der Waals surface area contributed by atoms with Gasteiger partial charge in [0.05, 0.1) is 18.8 Å². The average molecular weight is 372 g/mol. The number of hydrogen-bond acceptors (Lipinski definition) is 4. The number of hydrogen-bond donors (Lipinski definition) is 2. The molecule has 1 aliphatic carbocycles. The molecule has 0 unspecified atom stereocenters. The second kappa shape index (κ2) is 7.89. The average Bonchev–Trinajstić information content (AvgIpc) is 3.25. The van der Waals surface area contributed by atoms with Gasteiger partial charge in [-0.25, -0.2) is 0 Å². The molecule has 27 heavy (non-hydrogen) atoms. The van der Waals surface area contributed by atoms with Crippen molar-refractivity contribution in [1.29, 1.82) is 0 Å². The molecule has 2 fully saturated rings. The lowest BCUT2D eigenvalue weighted by molar-refractivity contribution is -0.128. The van der Waals surface area contributed by atoms with Gasteiger partial charge in [-0.15, -0.1) is 0 Å². The standard InChI is InChI=1S/C21H28N2O4/c24-17-12-16(13-17)21(15-5-6-18-14(11-15)7-10-27-18)22-19(25)3-1-8-23-9-2-4-20(23)26/h5-6,11,16-17,21,24H,1-4,7-10,12-13H2,(H,22,25)/t16?,17?,21-/m1/s1. The molecule has 0 bridgehead atoms. The third-order valence-corrected chi connectivity index (χ3v) is 6.01. The maximum atomic E-state index is 12.5. The zero-order valence-electron chi connectivity index (χ0n) is 15.7. The van der Waals surface area contributed by atoms with Crippen LogP contribution in [0.25, 0.3) is 0 Å². The molecular formula is C21H28N2O4. The minimum absolute atomic E-state index is 0.0183. The maximum absolute atomic E-state index is 12.5. The van der Waals surface area contributed by atoms with Crippen molar-refractivity contribution < 1.29 is 19.4 Å². The molecule has 4 rings (SSSR count). The van der Waals surface area contributed by atoms with E-state index in [9.17, 15) is 14.7 Å². The van der Waals surface area contributed by atoms with Gasteiger partial charge in [-0.05, 0) is 54.9 Å². The largest absolute Gasteiger partial charge is 0.493 e. The summed E-state index contributed by atoms with van der Waals surface area (Å²) in [4.78, 5) is 26.1. The Labute approximate surface area is 159 Å². The zero-order valence-corrected chi connectivity index (χ0v) is 15.7. The van der Waals surface area contributed by atoms with Crippen LogP contribution in [0.5, 0.6) is 5.75 Å². The molecule has 1 saturated heterocycles. The number of carbonyl (C=O) groups excluding carboxylic acids is 2. The first kappa shape index (κ1) is 18.3. The summed E-state index contributed by atoms with van der Waals surface area (Å²) in [7, 11) is 0. The highest BCUT2D eigenvalue weighted by atomic mass is 16.5. The van der Waals surface area contributed by atoms with Crippen molar-refractivity contribution in [3.05, 3.63) is 29.3 Å². The third kappa shape index (κ3) is 4.10. The molecule has 6 nitrogen and oxygen atoms in total. The van der Waals surface area contributed by atoms with E-state index in [1.165, 1.54) is 5.56 Å². The summed E-state index contributed by atoms with van der Waals surface area (Å²) < 4.78 is 5.58. The summed E-state index contributed by atoms with van der Waals surface area (Å²) in [5, 5.41) is 12.9. The molecule has 146 valence electrons. The Bertz CT molecular complexity index is 714. The van der Waals surface area contributed by atoms with Gasteiger partial charge in [0.1, 0.15) is 5.75 Å². The normalized spacial score (nSPS) is 24.9. The van der Waals surface area contributed by atoms with Gasteiger partial charge in [0, 0.05) is 32.4 Å². The Kier molecular flexibility index (Phi) is 5.34. The number of aliphatic hydroxyl groups is 1. The SMILES string of the molecule is O=C(CCCN1CCCC1=O)N[C@H](c1ccc2c(c1)CCO2)C1CC(O)C1. The predicted octanol–water partition coefficient (Wildman–Crippen LogP) is 1.95. The van der Waals surface area contributed by atoms with Crippen molar-refractivity contribution in [2.75, 3.05) is 19.7 Å². The van der Waals surface area contributed by atoms with Crippen LogP contribution in [0.2, 0.25) is 0 Å². The van der Waals surface area contributed by atoms with Crippen LogP contribution in [-0.2, 0) is 16.0 Å². The Balaban J connectivity index is 1.36. The van der Waals surface area contributed by atoms with Crippen LogP contribution < -0.4 is 10.1 Å². The first-order valence-electron chi connectivity index (χ1n) is 10.1. The van der Waals surface area contributed by atoms with Gasteiger partial charge in [0.15, 0.2) is 0 Å². The number of carbonyl (C=O) groups is 2. The summed E-state index contributed by atoms with van der Waals surface area (Å²) in [6.45, 7) is 2.20. The van der Waals surface area contributed by atoms with E-state index >= 15 is 0 Å².